The van der Waals surface area contributed by atoms with Crippen LogP contribution in [0.2, 0.25) is 0 Å². The maximum Gasteiger partial charge on any atom is 0.164 e. The molecule has 0 radical (unpaired) electrons. The van der Waals surface area contributed by atoms with Gasteiger partial charge in [0.2, 0.25) is 0 Å². The topological polar surface area (TPSA) is 56.7 Å². The summed E-state index contributed by atoms with van der Waals surface area (Å²) in [5, 5.41) is 20.1. The van der Waals surface area contributed by atoms with E-state index in [1.807, 2.05) is 6.07 Å². The number of rotatable bonds is 7. The van der Waals surface area contributed by atoms with Gasteiger partial charge in [-0.2, -0.15) is 0 Å². The van der Waals surface area contributed by atoms with Gasteiger partial charge in [0.15, 0.2) is 17.5 Å². The van der Waals surface area contributed by atoms with E-state index >= 15 is 0 Å². The summed E-state index contributed by atoms with van der Waals surface area (Å²) in [5.41, 5.74) is 17.6. The zero-order valence-electron chi connectivity index (χ0n) is 54.0. The standard InChI is InChI=1S/C93H57N7/c1-3-25-62(26-4-1)91-94-92(65-36-35-56-19-7-9-27-63(56)51-65)96-93(95-91)66-53-69(55-70(54-66)100-86-72-32-16-12-22-59(72)39-44-76(86)78-47-49-81-83(90(78)100)79-45-40-60-23-13-17-33-73(60)87(79)97(81)67-29-5-2-6-30-67)98-82-50-48-77-75-43-38-58-21-11-15-31-71(58)85(75)99(68-42-37-57-20-8-10-28-64(57)52-68)89(77)84(82)80-46-41-61-24-14-18-34-74(61)88(80)98/h1-55,81,83H. The van der Waals surface area contributed by atoms with Gasteiger partial charge >= 0.3 is 0 Å². The third-order valence-electron chi connectivity index (χ3n) is 21.6. The van der Waals surface area contributed by atoms with E-state index in [1.165, 1.54) is 92.7 Å². The molecule has 1 aliphatic carbocycles. The molecule has 2 aliphatic rings. The highest BCUT2D eigenvalue weighted by Gasteiger charge is 2.45. The Labute approximate surface area is 574 Å². The van der Waals surface area contributed by atoms with E-state index in [0.717, 1.165) is 88.4 Å². The summed E-state index contributed by atoms with van der Waals surface area (Å²) >= 11 is 0. The molecule has 4 aromatic heterocycles. The van der Waals surface area contributed by atoms with Crippen LogP contribution in [0.4, 0.5) is 11.4 Å². The highest BCUT2D eigenvalue weighted by atomic mass is 15.2. The normalized spacial score (nSPS) is 14.3. The fraction of sp³-hybridized carbons (Fsp3) is 0.0215. The van der Waals surface area contributed by atoms with Crippen molar-refractivity contribution in [3.8, 4) is 51.2 Å². The number of para-hydroxylation sites is 1. The van der Waals surface area contributed by atoms with Gasteiger partial charge in [0, 0.05) is 99.2 Å². The van der Waals surface area contributed by atoms with Gasteiger partial charge in [-0.3, -0.25) is 0 Å². The molecule has 0 saturated carbocycles. The monoisotopic (exact) mass is 1270 g/mol. The number of fused-ring (bicyclic) bond motifs is 24. The minimum atomic E-state index is -0.0991. The maximum atomic E-state index is 5.68. The zero-order chi connectivity index (χ0) is 65.3. The molecule has 1 aliphatic heterocycles. The van der Waals surface area contributed by atoms with E-state index in [0.29, 0.717) is 17.5 Å². The summed E-state index contributed by atoms with van der Waals surface area (Å²) in [5.74, 6) is 1.66. The molecule has 7 heteroatoms. The van der Waals surface area contributed by atoms with Crippen LogP contribution in [0.25, 0.3) is 176 Å². The summed E-state index contributed by atoms with van der Waals surface area (Å²) in [6.45, 7) is 0. The smallest absolute Gasteiger partial charge is 0.164 e. The van der Waals surface area contributed by atoms with Crippen molar-refractivity contribution in [2.75, 3.05) is 4.90 Å². The van der Waals surface area contributed by atoms with Crippen LogP contribution < -0.4 is 4.90 Å². The first kappa shape index (κ1) is 55.0. The molecule has 7 nitrogen and oxygen atoms in total. The number of hydrogen-bond acceptors (Lipinski definition) is 4. The van der Waals surface area contributed by atoms with Gasteiger partial charge in [-0.15, -0.1) is 0 Å². The Morgan fingerprint density at radius 3 is 1.43 bits per heavy atom. The van der Waals surface area contributed by atoms with Gasteiger partial charge in [0.05, 0.1) is 45.2 Å². The second kappa shape index (κ2) is 21.1. The fourth-order valence-corrected chi connectivity index (χ4v) is 17.3. The highest BCUT2D eigenvalue weighted by molar-refractivity contribution is 6.31. The van der Waals surface area contributed by atoms with E-state index in [9.17, 15) is 0 Å². The van der Waals surface area contributed by atoms with E-state index in [4.69, 9.17) is 15.0 Å². The lowest BCUT2D eigenvalue weighted by Gasteiger charge is -2.32. The first-order chi connectivity index (χ1) is 49.6. The third kappa shape index (κ3) is 8.00. The molecule has 464 valence electrons. The number of nitrogens with zero attached hydrogens (tertiary/aromatic N) is 7. The van der Waals surface area contributed by atoms with Crippen molar-refractivity contribution in [2.45, 2.75) is 12.0 Å². The van der Waals surface area contributed by atoms with Crippen molar-refractivity contribution in [2.24, 2.45) is 0 Å². The Hall–Kier alpha value is -13.2. The van der Waals surface area contributed by atoms with Gasteiger partial charge in [0.1, 0.15) is 0 Å². The van der Waals surface area contributed by atoms with Crippen LogP contribution in [0.3, 0.4) is 0 Å². The third-order valence-corrected chi connectivity index (χ3v) is 21.6. The summed E-state index contributed by atoms with van der Waals surface area (Å²) in [6, 6.07) is 118. The van der Waals surface area contributed by atoms with Crippen LogP contribution in [0, 0.1) is 0 Å². The quantitative estimate of drug-likeness (QED) is 0.160. The van der Waals surface area contributed by atoms with E-state index in [2.05, 4.69) is 346 Å². The van der Waals surface area contributed by atoms with E-state index in [-0.39, 0.29) is 12.0 Å². The average molecular weight is 1270 g/mol. The predicted molar refractivity (Wildman–Crippen MR) is 416 cm³/mol. The molecule has 5 heterocycles. The van der Waals surface area contributed by atoms with Crippen LogP contribution in [0.1, 0.15) is 22.7 Å². The Bertz CT molecular complexity index is 6930. The molecular weight excluding hydrogens is 1220 g/mol. The van der Waals surface area contributed by atoms with Gasteiger partial charge in [0.25, 0.3) is 0 Å². The Morgan fingerprint density at radius 1 is 0.270 bits per heavy atom. The first-order valence-corrected chi connectivity index (χ1v) is 34.5. The second-order valence-electron chi connectivity index (χ2n) is 27.0. The molecule has 2 atom stereocenters. The van der Waals surface area contributed by atoms with Gasteiger partial charge in [-0.05, 0) is 103 Å². The summed E-state index contributed by atoms with van der Waals surface area (Å²) < 4.78 is 7.78. The van der Waals surface area contributed by atoms with Gasteiger partial charge < -0.3 is 18.6 Å². The predicted octanol–water partition coefficient (Wildman–Crippen LogP) is 23.6. The van der Waals surface area contributed by atoms with Crippen LogP contribution in [0.5, 0.6) is 0 Å². The Kier molecular flexibility index (Phi) is 11.6. The average Bonchev–Trinajstić information content (AvgIpc) is 1.53. The SMILES string of the molecule is C1=CC2C(c3ccc4ccccc4c3N2c2ccccc2)c2c1c1ccc3ccccc3c1n2-c1cc(-c2nc(-c3ccccc3)nc(-c3ccc4ccccc4c3)n2)cc(-n2c3ccc4c5ccc6ccccc6c5n(-c5ccc6ccccc6c5)c4c3c3ccc4ccccc4c32)c1. The Morgan fingerprint density at radius 2 is 0.750 bits per heavy atom. The molecule has 0 spiro atoms. The molecule has 0 N–H and O–H groups in total. The van der Waals surface area contributed by atoms with Crippen molar-refractivity contribution in [3.05, 3.63) is 344 Å². The Balaban J connectivity index is 0.900. The van der Waals surface area contributed by atoms with Gasteiger partial charge in [-0.1, -0.05) is 279 Å². The zero-order valence-corrected chi connectivity index (χ0v) is 54.0. The molecule has 0 fully saturated rings. The lowest BCUT2D eigenvalue weighted by Crippen LogP contribution is -2.31. The molecule has 16 aromatic carbocycles. The number of hydrogen-bond donors (Lipinski definition) is 0. The lowest BCUT2D eigenvalue weighted by molar-refractivity contribution is 0.693. The second-order valence-corrected chi connectivity index (χ2v) is 27.0. The molecule has 20 aromatic rings. The largest absolute Gasteiger partial charge is 0.333 e. The van der Waals surface area contributed by atoms with Crippen molar-refractivity contribution in [3.63, 3.8) is 0 Å². The van der Waals surface area contributed by atoms with Crippen LogP contribution >= 0.6 is 0 Å². The van der Waals surface area contributed by atoms with Gasteiger partial charge in [-0.25, -0.2) is 15.0 Å². The van der Waals surface area contributed by atoms with Crippen LogP contribution in [0.15, 0.2) is 328 Å². The van der Waals surface area contributed by atoms with Crippen molar-refractivity contribution in [1.29, 1.82) is 0 Å². The molecule has 100 heavy (non-hydrogen) atoms. The van der Waals surface area contributed by atoms with Crippen LogP contribution in [-0.4, -0.2) is 34.7 Å². The first-order valence-electron chi connectivity index (χ1n) is 34.5. The molecule has 2 unspecified atom stereocenters. The van der Waals surface area contributed by atoms with E-state index in [1.54, 1.807) is 0 Å². The molecule has 0 amide bonds. The molecule has 22 rings (SSSR count). The lowest BCUT2D eigenvalue weighted by atomic mass is 9.84. The summed E-state index contributed by atoms with van der Waals surface area (Å²) in [7, 11) is 0. The number of benzene rings is 16. The number of anilines is 2. The summed E-state index contributed by atoms with van der Waals surface area (Å²) in [6.07, 6.45) is 4.90. The molecule has 0 saturated heterocycles. The highest BCUT2D eigenvalue weighted by Crippen LogP contribution is 2.57. The maximum absolute atomic E-state index is 5.68. The van der Waals surface area contributed by atoms with Crippen LogP contribution in [-0.2, 0) is 0 Å². The van der Waals surface area contributed by atoms with Crippen molar-refractivity contribution in [1.82, 2.24) is 28.7 Å². The molecular formula is C93H57N7. The summed E-state index contributed by atoms with van der Waals surface area (Å²) in [4.78, 5) is 19.3. The molecule has 0 bridgehead atoms. The fourth-order valence-electron chi connectivity index (χ4n) is 17.3. The minimum absolute atomic E-state index is 0.0632. The minimum Gasteiger partial charge on any atom is -0.333 e. The van der Waals surface area contributed by atoms with Crippen molar-refractivity contribution < 1.29 is 0 Å². The van der Waals surface area contributed by atoms with Crippen molar-refractivity contribution >= 4 is 137 Å². The van der Waals surface area contributed by atoms with E-state index < -0.39 is 0 Å². The number of aromatic nitrogens is 6.